The molecular formula is C18H16FN5O2. The maximum atomic E-state index is 13.6. The number of aromatic nitrogens is 4. The number of pyridine rings is 1. The van der Waals surface area contributed by atoms with E-state index in [1.54, 1.807) is 24.5 Å². The average Bonchev–Trinajstić information content (AvgIpc) is 3.10. The zero-order valence-electron chi connectivity index (χ0n) is 13.9. The van der Waals surface area contributed by atoms with Gasteiger partial charge in [-0.3, -0.25) is 4.79 Å². The summed E-state index contributed by atoms with van der Waals surface area (Å²) in [5.41, 5.74) is 0.741. The number of anilines is 1. The SMILES string of the molecule is O=C1Nc2cccc(n2)-c2nncn2CCCCOc2ccc(F)cc21. The number of aryl methyl sites for hydroxylation is 1. The van der Waals surface area contributed by atoms with Crippen LogP contribution in [0.5, 0.6) is 5.75 Å². The molecule has 1 N–H and O–H groups in total. The summed E-state index contributed by atoms with van der Waals surface area (Å²) >= 11 is 0. The Bertz CT molecular complexity index is 956. The summed E-state index contributed by atoms with van der Waals surface area (Å²) in [7, 11) is 0. The Morgan fingerprint density at radius 1 is 1.19 bits per heavy atom. The molecule has 1 amide bonds. The Labute approximate surface area is 148 Å². The fourth-order valence-electron chi connectivity index (χ4n) is 2.80. The van der Waals surface area contributed by atoms with E-state index in [0.717, 1.165) is 25.5 Å². The summed E-state index contributed by atoms with van der Waals surface area (Å²) in [6.45, 7) is 1.15. The molecule has 0 fully saturated rings. The Morgan fingerprint density at radius 2 is 2.12 bits per heavy atom. The molecule has 3 heterocycles. The quantitative estimate of drug-likeness (QED) is 0.672. The summed E-state index contributed by atoms with van der Waals surface area (Å²) in [6, 6.07) is 9.14. The van der Waals surface area contributed by atoms with Crippen LogP contribution in [0.25, 0.3) is 11.5 Å². The lowest BCUT2D eigenvalue weighted by molar-refractivity contribution is 0.102. The highest BCUT2D eigenvalue weighted by atomic mass is 19.1. The molecule has 1 aliphatic rings. The summed E-state index contributed by atoms with van der Waals surface area (Å²) < 4.78 is 21.2. The molecule has 0 radical (unpaired) electrons. The van der Waals surface area contributed by atoms with Crippen molar-refractivity contribution in [2.75, 3.05) is 11.9 Å². The van der Waals surface area contributed by atoms with E-state index >= 15 is 0 Å². The summed E-state index contributed by atoms with van der Waals surface area (Å²) in [5, 5.41) is 10.8. The molecule has 132 valence electrons. The third kappa shape index (κ3) is 3.26. The predicted octanol–water partition coefficient (Wildman–Crippen LogP) is 2.90. The van der Waals surface area contributed by atoms with E-state index in [2.05, 4.69) is 20.5 Å². The van der Waals surface area contributed by atoms with Crippen LogP contribution in [0.3, 0.4) is 0 Å². The van der Waals surface area contributed by atoms with Gasteiger partial charge in [-0.05, 0) is 43.2 Å². The molecule has 3 aromatic rings. The number of ether oxygens (including phenoxy) is 1. The Hall–Kier alpha value is -3.29. The number of benzene rings is 1. The van der Waals surface area contributed by atoms with E-state index in [1.807, 2.05) is 4.57 Å². The molecule has 0 aliphatic carbocycles. The summed E-state index contributed by atoms with van der Waals surface area (Å²) in [4.78, 5) is 17.0. The lowest BCUT2D eigenvalue weighted by Crippen LogP contribution is -2.16. The Kier molecular flexibility index (Phi) is 4.30. The molecule has 0 unspecified atom stereocenters. The number of hydrogen-bond acceptors (Lipinski definition) is 5. The van der Waals surface area contributed by atoms with Crippen molar-refractivity contribution < 1.29 is 13.9 Å². The highest BCUT2D eigenvalue weighted by molar-refractivity contribution is 6.05. The molecule has 0 saturated heterocycles. The number of carbonyl (C=O) groups is 1. The van der Waals surface area contributed by atoms with E-state index in [0.29, 0.717) is 29.7 Å². The molecule has 26 heavy (non-hydrogen) atoms. The number of hydrogen-bond donors (Lipinski definition) is 1. The number of amides is 1. The molecule has 4 rings (SSSR count). The maximum Gasteiger partial charge on any atom is 0.260 e. The van der Waals surface area contributed by atoms with Gasteiger partial charge in [0, 0.05) is 6.54 Å². The lowest BCUT2D eigenvalue weighted by Gasteiger charge is -2.13. The van der Waals surface area contributed by atoms with Crippen LogP contribution in [0.4, 0.5) is 10.2 Å². The molecule has 0 atom stereocenters. The van der Waals surface area contributed by atoms with Crippen molar-refractivity contribution >= 4 is 11.7 Å². The van der Waals surface area contributed by atoms with Crippen LogP contribution < -0.4 is 10.1 Å². The van der Waals surface area contributed by atoms with Crippen molar-refractivity contribution in [3.63, 3.8) is 0 Å². The van der Waals surface area contributed by atoms with Crippen molar-refractivity contribution in [3.8, 4) is 17.3 Å². The normalized spacial score (nSPS) is 14.4. The second-order valence-corrected chi connectivity index (χ2v) is 5.91. The van der Waals surface area contributed by atoms with E-state index in [-0.39, 0.29) is 5.56 Å². The minimum Gasteiger partial charge on any atom is -0.493 e. The number of nitrogens with one attached hydrogen (secondary N) is 1. The predicted molar refractivity (Wildman–Crippen MR) is 92.3 cm³/mol. The van der Waals surface area contributed by atoms with Crippen molar-refractivity contribution in [2.45, 2.75) is 19.4 Å². The second kappa shape index (κ2) is 6.91. The van der Waals surface area contributed by atoms with Gasteiger partial charge in [-0.1, -0.05) is 6.07 Å². The van der Waals surface area contributed by atoms with E-state index in [1.165, 1.54) is 12.1 Å². The molecule has 1 aliphatic heterocycles. The average molecular weight is 353 g/mol. The molecule has 1 aromatic carbocycles. The molecular weight excluding hydrogens is 337 g/mol. The first kappa shape index (κ1) is 16.2. The van der Waals surface area contributed by atoms with Gasteiger partial charge < -0.3 is 14.6 Å². The standard InChI is InChI=1S/C18H16FN5O2/c19-12-6-7-15-13(10-12)18(25)22-16-5-3-4-14(21-16)17-23-20-11-24(17)8-1-2-9-26-15/h3-7,10-11H,1-2,8-9H2,(H,21,22,25). The van der Waals surface area contributed by atoms with Crippen LogP contribution in [0.1, 0.15) is 23.2 Å². The molecule has 2 bridgehead atoms. The van der Waals surface area contributed by atoms with E-state index in [9.17, 15) is 9.18 Å². The van der Waals surface area contributed by atoms with E-state index < -0.39 is 11.7 Å². The molecule has 7 nitrogen and oxygen atoms in total. The van der Waals surface area contributed by atoms with Crippen LogP contribution in [-0.4, -0.2) is 32.3 Å². The molecule has 2 aromatic heterocycles. The van der Waals surface area contributed by atoms with Crippen molar-refractivity contribution in [1.82, 2.24) is 19.7 Å². The van der Waals surface area contributed by atoms with Gasteiger partial charge in [0.1, 0.15) is 29.4 Å². The van der Waals surface area contributed by atoms with E-state index in [4.69, 9.17) is 4.74 Å². The number of nitrogens with zero attached hydrogens (tertiary/aromatic N) is 4. The zero-order chi connectivity index (χ0) is 17.9. The minimum atomic E-state index is -0.501. The smallest absolute Gasteiger partial charge is 0.260 e. The first-order valence-electron chi connectivity index (χ1n) is 8.30. The third-order valence-electron chi connectivity index (χ3n) is 4.07. The van der Waals surface area contributed by atoms with Crippen LogP contribution in [-0.2, 0) is 6.54 Å². The van der Waals surface area contributed by atoms with Crippen LogP contribution in [0, 0.1) is 5.82 Å². The van der Waals surface area contributed by atoms with Gasteiger partial charge in [0.05, 0.1) is 12.2 Å². The monoisotopic (exact) mass is 353 g/mol. The second-order valence-electron chi connectivity index (χ2n) is 5.91. The first-order valence-corrected chi connectivity index (χ1v) is 8.30. The van der Waals surface area contributed by atoms with Gasteiger partial charge in [-0.15, -0.1) is 10.2 Å². The van der Waals surface area contributed by atoms with Gasteiger partial charge in [0.25, 0.3) is 5.91 Å². The largest absolute Gasteiger partial charge is 0.493 e. The summed E-state index contributed by atoms with van der Waals surface area (Å²) in [5.74, 6) is 0.336. The maximum absolute atomic E-state index is 13.6. The van der Waals surface area contributed by atoms with Crippen molar-refractivity contribution in [2.24, 2.45) is 0 Å². The number of fused-ring (bicyclic) bond motifs is 5. The molecule has 0 saturated carbocycles. The Morgan fingerprint density at radius 3 is 3.04 bits per heavy atom. The van der Waals surface area contributed by atoms with Crippen molar-refractivity contribution in [1.29, 1.82) is 0 Å². The number of carbonyl (C=O) groups excluding carboxylic acids is 1. The van der Waals surface area contributed by atoms with Gasteiger partial charge in [0.15, 0.2) is 5.82 Å². The fourth-order valence-corrected chi connectivity index (χ4v) is 2.80. The topological polar surface area (TPSA) is 81.9 Å². The minimum absolute atomic E-state index is 0.137. The fraction of sp³-hybridized carbons (Fsp3) is 0.222. The molecule has 8 heteroatoms. The zero-order valence-corrected chi connectivity index (χ0v) is 13.9. The lowest BCUT2D eigenvalue weighted by atomic mass is 10.1. The third-order valence-corrected chi connectivity index (χ3v) is 4.07. The van der Waals surface area contributed by atoms with Gasteiger partial charge >= 0.3 is 0 Å². The first-order chi connectivity index (χ1) is 12.7. The highest BCUT2D eigenvalue weighted by Crippen LogP contribution is 2.23. The van der Waals surface area contributed by atoms with Crippen LogP contribution >= 0.6 is 0 Å². The number of rotatable bonds is 0. The van der Waals surface area contributed by atoms with Gasteiger partial charge in [-0.2, -0.15) is 0 Å². The van der Waals surface area contributed by atoms with Crippen molar-refractivity contribution in [3.05, 3.63) is 54.1 Å². The van der Waals surface area contributed by atoms with Crippen LogP contribution in [0.15, 0.2) is 42.7 Å². The summed E-state index contributed by atoms with van der Waals surface area (Å²) in [6.07, 6.45) is 3.27. The van der Waals surface area contributed by atoms with Gasteiger partial charge in [0.2, 0.25) is 0 Å². The molecule has 0 spiro atoms. The highest BCUT2D eigenvalue weighted by Gasteiger charge is 2.17. The van der Waals surface area contributed by atoms with Gasteiger partial charge in [-0.25, -0.2) is 9.37 Å². The Balaban J connectivity index is 1.74. The number of halogens is 1. The van der Waals surface area contributed by atoms with Crippen LogP contribution in [0.2, 0.25) is 0 Å².